The maximum absolute atomic E-state index is 11.4. The van der Waals surface area contributed by atoms with Crippen molar-refractivity contribution < 1.29 is 24.5 Å². The second kappa shape index (κ2) is 4.06. The molecule has 3 N–H and O–H groups in total. The highest BCUT2D eigenvalue weighted by Crippen LogP contribution is 2.31. The monoisotopic (exact) mass is 237 g/mol. The van der Waals surface area contributed by atoms with Gasteiger partial charge in [-0.3, -0.25) is 4.79 Å². The van der Waals surface area contributed by atoms with E-state index in [0.29, 0.717) is 0 Å². The number of morpholine rings is 1. The van der Waals surface area contributed by atoms with E-state index in [2.05, 4.69) is 5.32 Å². The van der Waals surface area contributed by atoms with Crippen LogP contribution in [0.25, 0.3) is 0 Å². The number of carbonyl (C=O) groups excluding carboxylic acids is 1. The quantitative estimate of drug-likeness (QED) is 0.663. The fourth-order valence-corrected chi connectivity index (χ4v) is 1.82. The average Bonchev–Trinajstić information content (AvgIpc) is 2.29. The zero-order chi connectivity index (χ0) is 12.5. The molecule has 2 rings (SSSR count). The summed E-state index contributed by atoms with van der Waals surface area (Å²) in [4.78, 5) is 22.7. The predicted molar refractivity (Wildman–Crippen MR) is 56.4 cm³/mol. The molecule has 0 aliphatic carbocycles. The third-order valence-electron chi connectivity index (χ3n) is 2.63. The summed E-state index contributed by atoms with van der Waals surface area (Å²) in [5.41, 5.74) is -1.61. The van der Waals surface area contributed by atoms with Gasteiger partial charge in [0.05, 0.1) is 6.61 Å². The normalized spacial score (nSPS) is 24.1. The number of ether oxygens (including phenoxy) is 1. The van der Waals surface area contributed by atoms with E-state index in [1.165, 1.54) is 12.1 Å². The summed E-state index contributed by atoms with van der Waals surface area (Å²) < 4.78 is 4.96. The van der Waals surface area contributed by atoms with Gasteiger partial charge in [-0.25, -0.2) is 4.79 Å². The lowest BCUT2D eigenvalue weighted by Gasteiger charge is -2.34. The molecule has 17 heavy (non-hydrogen) atoms. The molecule has 1 aliphatic rings. The SMILES string of the molecule is O=C1COCC(C(=O)O)(c2ccccc2O)N1. The number of phenolic OH excluding ortho intramolecular Hbond substituents is 1. The first-order chi connectivity index (χ1) is 8.06. The van der Waals surface area contributed by atoms with Crippen molar-refractivity contribution in [3.05, 3.63) is 29.8 Å². The predicted octanol–water partition coefficient (Wildman–Crippen LogP) is -0.182. The molecule has 1 amide bonds. The Morgan fingerprint density at radius 1 is 1.41 bits per heavy atom. The molecule has 6 heteroatoms. The number of carboxylic acids is 1. The highest BCUT2D eigenvalue weighted by atomic mass is 16.5. The molecule has 1 fully saturated rings. The fraction of sp³-hybridized carbons (Fsp3) is 0.273. The molecule has 1 saturated heterocycles. The molecule has 1 aromatic rings. The second-order valence-corrected chi connectivity index (χ2v) is 3.77. The number of carbonyl (C=O) groups is 2. The van der Waals surface area contributed by atoms with Crippen LogP contribution in [0.1, 0.15) is 5.56 Å². The van der Waals surface area contributed by atoms with Gasteiger partial charge in [-0.2, -0.15) is 0 Å². The number of hydrogen-bond acceptors (Lipinski definition) is 4. The van der Waals surface area contributed by atoms with Gasteiger partial charge in [0.2, 0.25) is 5.91 Å². The first-order valence-corrected chi connectivity index (χ1v) is 4.97. The zero-order valence-electron chi connectivity index (χ0n) is 8.84. The van der Waals surface area contributed by atoms with Crippen molar-refractivity contribution in [2.45, 2.75) is 5.54 Å². The first kappa shape index (κ1) is 11.4. The molecule has 0 spiro atoms. The van der Waals surface area contributed by atoms with Gasteiger partial charge in [-0.15, -0.1) is 0 Å². The summed E-state index contributed by atoms with van der Waals surface area (Å²) in [6.45, 7) is -0.395. The molecule has 6 nitrogen and oxygen atoms in total. The molecule has 0 bridgehead atoms. The number of carboxylic acid groups (broad SMARTS) is 1. The Kier molecular flexibility index (Phi) is 2.72. The Bertz CT molecular complexity index is 473. The number of rotatable bonds is 2. The first-order valence-electron chi connectivity index (χ1n) is 4.97. The lowest BCUT2D eigenvalue weighted by atomic mass is 9.89. The molecular formula is C11H11NO5. The van der Waals surface area contributed by atoms with Gasteiger partial charge in [0.15, 0.2) is 5.54 Å². The topological polar surface area (TPSA) is 95.9 Å². The van der Waals surface area contributed by atoms with Crippen LogP contribution in [-0.2, 0) is 19.9 Å². The van der Waals surface area contributed by atoms with Crippen LogP contribution >= 0.6 is 0 Å². The maximum Gasteiger partial charge on any atom is 0.336 e. The van der Waals surface area contributed by atoms with Gasteiger partial charge in [-0.1, -0.05) is 18.2 Å². The van der Waals surface area contributed by atoms with Crippen LogP contribution in [0, 0.1) is 0 Å². The van der Waals surface area contributed by atoms with E-state index in [0.717, 1.165) is 0 Å². The third kappa shape index (κ3) is 1.83. The number of aliphatic carboxylic acids is 1. The number of para-hydroxylation sites is 1. The Morgan fingerprint density at radius 3 is 2.71 bits per heavy atom. The highest BCUT2D eigenvalue weighted by molar-refractivity contribution is 5.90. The molecule has 1 atom stereocenters. The largest absolute Gasteiger partial charge is 0.508 e. The van der Waals surface area contributed by atoms with Crippen LogP contribution in [0.3, 0.4) is 0 Å². The average molecular weight is 237 g/mol. The lowest BCUT2D eigenvalue weighted by molar-refractivity contribution is -0.158. The van der Waals surface area contributed by atoms with E-state index in [9.17, 15) is 19.8 Å². The Morgan fingerprint density at radius 2 is 2.12 bits per heavy atom. The van der Waals surface area contributed by atoms with E-state index in [4.69, 9.17) is 4.74 Å². The number of phenols is 1. The van der Waals surface area contributed by atoms with E-state index < -0.39 is 17.4 Å². The van der Waals surface area contributed by atoms with Crippen LogP contribution in [0.4, 0.5) is 0 Å². The van der Waals surface area contributed by atoms with Crippen molar-refractivity contribution in [2.75, 3.05) is 13.2 Å². The van der Waals surface area contributed by atoms with Crippen molar-refractivity contribution >= 4 is 11.9 Å². The molecule has 0 aromatic heterocycles. The number of benzene rings is 1. The van der Waals surface area contributed by atoms with Gasteiger partial charge in [0.25, 0.3) is 0 Å². The molecular weight excluding hydrogens is 226 g/mol. The van der Waals surface area contributed by atoms with Gasteiger partial charge in [-0.05, 0) is 6.07 Å². The summed E-state index contributed by atoms with van der Waals surface area (Å²) in [7, 11) is 0. The van der Waals surface area contributed by atoms with Gasteiger partial charge in [0.1, 0.15) is 12.4 Å². The smallest absolute Gasteiger partial charge is 0.336 e. The summed E-state index contributed by atoms with van der Waals surface area (Å²) in [5, 5.41) is 21.3. The van der Waals surface area contributed by atoms with Crippen molar-refractivity contribution in [1.29, 1.82) is 0 Å². The minimum absolute atomic E-state index is 0.112. The maximum atomic E-state index is 11.4. The summed E-state index contributed by atoms with van der Waals surface area (Å²) in [6, 6.07) is 5.96. The van der Waals surface area contributed by atoms with E-state index >= 15 is 0 Å². The standard InChI is InChI=1S/C11H11NO5/c13-8-4-2-1-3-7(8)11(10(15)16)6-17-5-9(14)12-11/h1-4,13H,5-6H2,(H,12,14)(H,15,16). The van der Waals surface area contributed by atoms with Crippen LogP contribution in [0.2, 0.25) is 0 Å². The van der Waals surface area contributed by atoms with Gasteiger partial charge in [0, 0.05) is 5.56 Å². The zero-order valence-corrected chi connectivity index (χ0v) is 8.84. The van der Waals surface area contributed by atoms with Crippen molar-refractivity contribution in [2.24, 2.45) is 0 Å². The minimum Gasteiger partial charge on any atom is -0.508 e. The van der Waals surface area contributed by atoms with Crippen LogP contribution in [-0.4, -0.2) is 35.3 Å². The number of nitrogens with one attached hydrogen (secondary N) is 1. The molecule has 90 valence electrons. The Labute approximate surface area is 96.8 Å². The van der Waals surface area contributed by atoms with E-state index in [-0.39, 0.29) is 24.5 Å². The molecule has 1 unspecified atom stereocenters. The van der Waals surface area contributed by atoms with Crippen LogP contribution < -0.4 is 5.32 Å². The summed E-state index contributed by atoms with van der Waals surface area (Å²) in [6.07, 6.45) is 0. The Hall–Kier alpha value is -2.08. The highest BCUT2D eigenvalue weighted by Gasteiger charge is 2.46. The summed E-state index contributed by atoms with van der Waals surface area (Å²) in [5.74, 6) is -1.99. The van der Waals surface area contributed by atoms with Crippen LogP contribution in [0.15, 0.2) is 24.3 Å². The molecule has 1 aliphatic heterocycles. The van der Waals surface area contributed by atoms with E-state index in [1.807, 2.05) is 0 Å². The van der Waals surface area contributed by atoms with E-state index in [1.54, 1.807) is 12.1 Å². The lowest BCUT2D eigenvalue weighted by Crippen LogP contribution is -2.59. The number of aromatic hydroxyl groups is 1. The van der Waals surface area contributed by atoms with Crippen LogP contribution in [0.5, 0.6) is 5.75 Å². The number of amides is 1. The minimum atomic E-state index is -1.72. The molecule has 0 saturated carbocycles. The van der Waals surface area contributed by atoms with Gasteiger partial charge < -0.3 is 20.3 Å². The molecule has 1 heterocycles. The molecule has 0 radical (unpaired) electrons. The second-order valence-electron chi connectivity index (χ2n) is 3.77. The number of hydrogen-bond donors (Lipinski definition) is 3. The van der Waals surface area contributed by atoms with Crippen molar-refractivity contribution in [1.82, 2.24) is 5.32 Å². The fourth-order valence-electron chi connectivity index (χ4n) is 1.82. The molecule has 1 aromatic carbocycles. The third-order valence-corrected chi connectivity index (χ3v) is 2.63. The summed E-state index contributed by atoms with van der Waals surface area (Å²) >= 11 is 0. The van der Waals surface area contributed by atoms with Crippen molar-refractivity contribution in [3.8, 4) is 5.75 Å². The Balaban J connectivity index is 2.52. The van der Waals surface area contributed by atoms with Gasteiger partial charge >= 0.3 is 5.97 Å². The van der Waals surface area contributed by atoms with Crippen molar-refractivity contribution in [3.63, 3.8) is 0 Å².